The highest BCUT2D eigenvalue weighted by Gasteiger charge is 2.24. The Morgan fingerprint density at radius 1 is 1.09 bits per heavy atom. The predicted octanol–water partition coefficient (Wildman–Crippen LogP) is 4.53. The molecule has 2 N–H and O–H groups in total. The lowest BCUT2D eigenvalue weighted by Gasteiger charge is -2.33. The lowest BCUT2D eigenvalue weighted by atomic mass is 10.0. The number of aromatic nitrogens is 4. The van der Waals surface area contributed by atoms with Gasteiger partial charge in [0.1, 0.15) is 11.6 Å². The summed E-state index contributed by atoms with van der Waals surface area (Å²) in [5.41, 5.74) is 4.06. The molecule has 2 aromatic carbocycles. The first-order valence-corrected chi connectivity index (χ1v) is 11.5. The number of hydrogen-bond acceptors (Lipinski definition) is 6. The second kappa shape index (κ2) is 8.74. The monoisotopic (exact) mass is 430 g/mol. The van der Waals surface area contributed by atoms with E-state index in [1.807, 2.05) is 50.2 Å². The second-order valence-corrected chi connectivity index (χ2v) is 8.51. The summed E-state index contributed by atoms with van der Waals surface area (Å²) in [4.78, 5) is 20.1. The van der Waals surface area contributed by atoms with Gasteiger partial charge >= 0.3 is 0 Å². The molecule has 0 aliphatic carbocycles. The van der Waals surface area contributed by atoms with Gasteiger partial charge in [0.05, 0.1) is 34.9 Å². The van der Waals surface area contributed by atoms with Crippen molar-refractivity contribution in [2.45, 2.75) is 45.7 Å². The maximum Gasteiger partial charge on any atom is 0.226 e. The number of imidazole rings is 1. The fourth-order valence-electron chi connectivity index (χ4n) is 4.50. The molecule has 0 bridgehead atoms. The molecule has 0 saturated carbocycles. The first-order chi connectivity index (χ1) is 15.6. The Morgan fingerprint density at radius 2 is 1.91 bits per heavy atom. The van der Waals surface area contributed by atoms with Crippen LogP contribution >= 0.6 is 0 Å². The maximum absolute atomic E-state index is 5.63. The zero-order chi connectivity index (χ0) is 22.1. The molecule has 1 saturated heterocycles. The van der Waals surface area contributed by atoms with E-state index in [-0.39, 0.29) is 6.04 Å². The summed E-state index contributed by atoms with van der Waals surface area (Å²) in [6.07, 6.45) is 2.10. The number of H-pyrrole nitrogens is 1. The number of nitrogens with zero attached hydrogens (tertiary/aromatic N) is 4. The molecule has 3 heterocycles. The summed E-state index contributed by atoms with van der Waals surface area (Å²) < 4.78 is 5.63. The lowest BCUT2D eigenvalue weighted by molar-refractivity contribution is 0.340. The van der Waals surface area contributed by atoms with Crippen LogP contribution < -0.4 is 15.0 Å². The normalized spacial score (nSPS) is 16.0. The highest BCUT2D eigenvalue weighted by molar-refractivity contribution is 5.83. The van der Waals surface area contributed by atoms with Gasteiger partial charge in [0.15, 0.2) is 0 Å². The van der Waals surface area contributed by atoms with Crippen LogP contribution in [-0.2, 0) is 0 Å². The summed E-state index contributed by atoms with van der Waals surface area (Å²) in [7, 11) is 0. The van der Waals surface area contributed by atoms with Gasteiger partial charge in [0.25, 0.3) is 0 Å². The Bertz CT molecular complexity index is 1190. The molecule has 4 aromatic rings. The zero-order valence-electron chi connectivity index (χ0n) is 18.9. The predicted molar refractivity (Wildman–Crippen MR) is 128 cm³/mol. The number of aromatic amines is 1. The van der Waals surface area contributed by atoms with E-state index in [0.717, 1.165) is 71.1 Å². The van der Waals surface area contributed by atoms with Gasteiger partial charge in [-0.1, -0.05) is 12.1 Å². The number of ether oxygens (including phenoxy) is 1. The van der Waals surface area contributed by atoms with E-state index in [1.165, 1.54) is 0 Å². The zero-order valence-corrected chi connectivity index (χ0v) is 18.9. The highest BCUT2D eigenvalue weighted by atomic mass is 16.5. The van der Waals surface area contributed by atoms with Gasteiger partial charge in [0.2, 0.25) is 5.95 Å². The molecular weight excluding hydrogens is 400 g/mol. The van der Waals surface area contributed by atoms with Gasteiger partial charge in [-0.05, 0) is 63.9 Å². The number of nitrogens with one attached hydrogen (secondary N) is 2. The first kappa shape index (κ1) is 20.7. The van der Waals surface area contributed by atoms with Crippen LogP contribution in [0.1, 0.15) is 44.2 Å². The van der Waals surface area contributed by atoms with E-state index in [9.17, 15) is 0 Å². The smallest absolute Gasteiger partial charge is 0.226 e. The lowest BCUT2D eigenvalue weighted by Crippen LogP contribution is -2.44. The van der Waals surface area contributed by atoms with Crippen LogP contribution in [0.3, 0.4) is 0 Å². The summed E-state index contributed by atoms with van der Waals surface area (Å²) in [6, 6.07) is 14.8. The van der Waals surface area contributed by atoms with E-state index in [4.69, 9.17) is 19.7 Å². The minimum atomic E-state index is 0.178. The number of hydrogen-bond donors (Lipinski definition) is 2. The van der Waals surface area contributed by atoms with Crippen LogP contribution in [0.5, 0.6) is 5.75 Å². The third kappa shape index (κ3) is 4.12. The van der Waals surface area contributed by atoms with Crippen molar-refractivity contribution < 1.29 is 4.74 Å². The van der Waals surface area contributed by atoms with Gasteiger partial charge in [-0.15, -0.1) is 0 Å². The van der Waals surface area contributed by atoms with Gasteiger partial charge in [-0.3, -0.25) is 0 Å². The average Bonchev–Trinajstić information content (AvgIpc) is 3.25. The molecule has 1 atom stereocenters. The van der Waals surface area contributed by atoms with Crippen LogP contribution in [0.15, 0.2) is 42.5 Å². The van der Waals surface area contributed by atoms with Gasteiger partial charge < -0.3 is 19.9 Å². The second-order valence-electron chi connectivity index (χ2n) is 8.51. The van der Waals surface area contributed by atoms with Crippen molar-refractivity contribution in [2.24, 2.45) is 0 Å². The molecule has 1 aliphatic rings. The number of piperidine rings is 1. The minimum Gasteiger partial charge on any atom is -0.494 e. The Hall–Kier alpha value is -3.19. The number of para-hydroxylation sites is 2. The van der Waals surface area contributed by atoms with Crippen molar-refractivity contribution in [2.75, 3.05) is 24.6 Å². The summed E-state index contributed by atoms with van der Waals surface area (Å²) in [5, 5.41) is 4.80. The van der Waals surface area contributed by atoms with Gasteiger partial charge in [-0.2, -0.15) is 0 Å². The van der Waals surface area contributed by atoms with Crippen molar-refractivity contribution in [3.63, 3.8) is 0 Å². The molecule has 2 aromatic heterocycles. The SMILES string of the molecule is CCOc1ccc2nc(N3CCC(NC(C)c4nc5ccccc5[nH]4)CC3)nc(C)c2c1. The number of benzene rings is 2. The molecule has 7 heteroatoms. The summed E-state index contributed by atoms with van der Waals surface area (Å²) >= 11 is 0. The van der Waals surface area contributed by atoms with Crippen LogP contribution in [-0.4, -0.2) is 45.7 Å². The molecule has 32 heavy (non-hydrogen) atoms. The van der Waals surface area contributed by atoms with Gasteiger partial charge in [0, 0.05) is 24.5 Å². The minimum absolute atomic E-state index is 0.178. The molecule has 0 spiro atoms. The van der Waals surface area contributed by atoms with E-state index < -0.39 is 0 Å². The van der Waals surface area contributed by atoms with Gasteiger partial charge in [-0.25, -0.2) is 15.0 Å². The third-order valence-electron chi connectivity index (χ3n) is 6.24. The Morgan fingerprint density at radius 3 is 2.69 bits per heavy atom. The standard InChI is InChI=1S/C25H30N6O/c1-4-32-19-9-10-21-20(15-19)16(2)27-25(30-21)31-13-11-18(12-14-31)26-17(3)24-28-22-7-5-6-8-23(22)29-24/h5-10,15,17-18,26H,4,11-14H2,1-3H3,(H,28,29). The molecular formula is C25H30N6O. The molecule has 1 unspecified atom stereocenters. The van der Waals surface area contributed by atoms with E-state index in [0.29, 0.717) is 12.6 Å². The van der Waals surface area contributed by atoms with E-state index in [2.05, 4.69) is 28.2 Å². The Labute approximate surface area is 188 Å². The molecule has 0 amide bonds. The first-order valence-electron chi connectivity index (χ1n) is 11.5. The van der Waals surface area contributed by atoms with Crippen molar-refractivity contribution in [1.82, 2.24) is 25.3 Å². The summed E-state index contributed by atoms with van der Waals surface area (Å²) in [6.45, 7) is 8.75. The molecule has 7 nitrogen and oxygen atoms in total. The summed E-state index contributed by atoms with van der Waals surface area (Å²) in [5.74, 6) is 2.68. The van der Waals surface area contributed by atoms with Crippen LogP contribution in [0.2, 0.25) is 0 Å². The van der Waals surface area contributed by atoms with Crippen LogP contribution in [0.25, 0.3) is 21.9 Å². The maximum atomic E-state index is 5.63. The fourth-order valence-corrected chi connectivity index (χ4v) is 4.50. The van der Waals surface area contributed by atoms with Crippen LogP contribution in [0, 0.1) is 6.92 Å². The third-order valence-corrected chi connectivity index (χ3v) is 6.24. The van der Waals surface area contributed by atoms with E-state index in [1.54, 1.807) is 0 Å². The van der Waals surface area contributed by atoms with E-state index >= 15 is 0 Å². The number of fused-ring (bicyclic) bond motifs is 2. The molecule has 166 valence electrons. The fraction of sp³-hybridized carbons (Fsp3) is 0.400. The largest absolute Gasteiger partial charge is 0.494 e. The quantitative estimate of drug-likeness (QED) is 0.468. The Balaban J connectivity index is 1.24. The average molecular weight is 431 g/mol. The molecule has 1 fully saturated rings. The van der Waals surface area contributed by atoms with Crippen molar-refractivity contribution in [3.8, 4) is 5.75 Å². The van der Waals surface area contributed by atoms with Crippen molar-refractivity contribution >= 4 is 27.9 Å². The number of anilines is 1. The van der Waals surface area contributed by atoms with Crippen molar-refractivity contribution in [3.05, 3.63) is 54.0 Å². The topological polar surface area (TPSA) is 79.0 Å². The number of rotatable bonds is 6. The number of aryl methyl sites for hydroxylation is 1. The van der Waals surface area contributed by atoms with Crippen molar-refractivity contribution in [1.29, 1.82) is 0 Å². The van der Waals surface area contributed by atoms with Crippen LogP contribution in [0.4, 0.5) is 5.95 Å². The Kier molecular flexibility index (Phi) is 5.66. The molecule has 0 radical (unpaired) electrons. The molecule has 1 aliphatic heterocycles. The highest BCUT2D eigenvalue weighted by Crippen LogP contribution is 2.26. The molecule has 5 rings (SSSR count).